The van der Waals surface area contributed by atoms with Crippen LogP contribution in [0, 0.1) is 52.8 Å². The molecular formula is C29H23F5O. The summed E-state index contributed by atoms with van der Waals surface area (Å²) in [4.78, 5) is 0. The van der Waals surface area contributed by atoms with Gasteiger partial charge in [-0.25, -0.2) is 22.0 Å². The Labute approximate surface area is 201 Å². The fraction of sp³-hybridized carbons (Fsp3) is 0.241. The molecule has 180 valence electrons. The number of halogens is 5. The Morgan fingerprint density at radius 1 is 0.657 bits per heavy atom. The Morgan fingerprint density at radius 2 is 1.26 bits per heavy atom. The Bertz CT molecular complexity index is 1290. The number of aryl methyl sites for hydroxylation is 1. The molecule has 0 saturated heterocycles. The minimum absolute atomic E-state index is 0.00625. The van der Waals surface area contributed by atoms with Crippen LogP contribution in [0.1, 0.15) is 60.9 Å². The minimum atomic E-state index is -0.999. The first-order chi connectivity index (χ1) is 16.8. The Kier molecular flexibility index (Phi) is 8.92. The van der Waals surface area contributed by atoms with Gasteiger partial charge in [0.05, 0.1) is 17.7 Å². The minimum Gasteiger partial charge on any atom is -0.488 e. The van der Waals surface area contributed by atoms with E-state index in [-0.39, 0.29) is 23.3 Å². The van der Waals surface area contributed by atoms with Crippen molar-refractivity contribution in [3.05, 3.63) is 99.4 Å². The van der Waals surface area contributed by atoms with Crippen molar-refractivity contribution in [3.8, 4) is 29.4 Å². The molecule has 3 rings (SSSR count). The van der Waals surface area contributed by atoms with Crippen molar-refractivity contribution in [1.82, 2.24) is 0 Å². The third-order valence-corrected chi connectivity index (χ3v) is 5.03. The predicted octanol–water partition coefficient (Wildman–Crippen LogP) is 7.31. The van der Waals surface area contributed by atoms with Crippen LogP contribution >= 0.6 is 0 Å². The van der Waals surface area contributed by atoms with E-state index < -0.39 is 40.4 Å². The van der Waals surface area contributed by atoms with Gasteiger partial charge in [0.15, 0.2) is 17.4 Å². The van der Waals surface area contributed by atoms with Crippen LogP contribution in [0.15, 0.2) is 42.5 Å². The van der Waals surface area contributed by atoms with E-state index in [1.54, 1.807) is 6.07 Å². The second-order valence-corrected chi connectivity index (χ2v) is 7.85. The summed E-state index contributed by atoms with van der Waals surface area (Å²) in [6, 6.07) is 8.48. The van der Waals surface area contributed by atoms with Crippen molar-refractivity contribution in [1.29, 1.82) is 0 Å². The van der Waals surface area contributed by atoms with Crippen LogP contribution in [0.2, 0.25) is 0 Å². The van der Waals surface area contributed by atoms with Crippen LogP contribution in [0.25, 0.3) is 0 Å². The first-order valence-electron chi connectivity index (χ1n) is 11.3. The number of hydrogen-bond acceptors (Lipinski definition) is 1. The van der Waals surface area contributed by atoms with Crippen LogP contribution < -0.4 is 4.74 Å². The molecule has 0 bridgehead atoms. The van der Waals surface area contributed by atoms with Gasteiger partial charge in [-0.3, -0.25) is 0 Å². The molecule has 0 amide bonds. The lowest BCUT2D eigenvalue weighted by atomic mass is 10.1. The molecule has 0 spiro atoms. The topological polar surface area (TPSA) is 9.23 Å². The van der Waals surface area contributed by atoms with Crippen LogP contribution in [0.3, 0.4) is 0 Å². The standard InChI is InChI=1S/C29H23F5O/c1-3-5-13-35-29-27(33)17-21(18-28(29)34)9-12-23-25(31)15-20(16-26(23)32)8-11-22-10-7-19(6-4-2)14-24(22)30/h7,10,14-18H,3-6,13H2,1-2H3. The van der Waals surface area contributed by atoms with E-state index in [0.717, 1.165) is 49.1 Å². The normalized spacial score (nSPS) is 10.3. The highest BCUT2D eigenvalue weighted by Gasteiger charge is 2.13. The maximum atomic E-state index is 14.5. The molecule has 0 radical (unpaired) electrons. The zero-order valence-corrected chi connectivity index (χ0v) is 19.4. The van der Waals surface area contributed by atoms with Crippen molar-refractivity contribution in [2.24, 2.45) is 0 Å². The lowest BCUT2D eigenvalue weighted by Gasteiger charge is -2.08. The summed E-state index contributed by atoms with van der Waals surface area (Å²) in [6.07, 6.45) is 3.05. The first-order valence-corrected chi connectivity index (χ1v) is 11.3. The predicted molar refractivity (Wildman–Crippen MR) is 125 cm³/mol. The number of benzene rings is 3. The van der Waals surface area contributed by atoms with E-state index in [1.807, 2.05) is 13.8 Å². The van der Waals surface area contributed by atoms with Crippen LogP contribution in [-0.4, -0.2) is 6.61 Å². The molecule has 3 aromatic carbocycles. The Hall–Kier alpha value is -3.77. The van der Waals surface area contributed by atoms with Crippen molar-refractivity contribution in [3.63, 3.8) is 0 Å². The largest absolute Gasteiger partial charge is 0.488 e. The molecule has 0 unspecified atom stereocenters. The van der Waals surface area contributed by atoms with Crippen LogP contribution in [0.4, 0.5) is 22.0 Å². The lowest BCUT2D eigenvalue weighted by molar-refractivity contribution is 0.278. The summed E-state index contributed by atoms with van der Waals surface area (Å²) in [5.74, 6) is 4.84. The molecule has 0 aromatic heterocycles. The van der Waals surface area contributed by atoms with Crippen LogP contribution in [0.5, 0.6) is 5.75 Å². The van der Waals surface area contributed by atoms with Gasteiger partial charge in [0, 0.05) is 11.1 Å². The number of unbranched alkanes of at least 4 members (excludes halogenated alkanes) is 1. The monoisotopic (exact) mass is 482 g/mol. The highest BCUT2D eigenvalue weighted by Crippen LogP contribution is 2.24. The van der Waals surface area contributed by atoms with Crippen molar-refractivity contribution < 1.29 is 26.7 Å². The summed E-state index contributed by atoms with van der Waals surface area (Å²) in [5, 5.41) is 0. The van der Waals surface area contributed by atoms with Gasteiger partial charge in [0.2, 0.25) is 0 Å². The zero-order valence-electron chi connectivity index (χ0n) is 19.4. The molecule has 0 aliphatic carbocycles. The molecule has 0 heterocycles. The molecule has 0 fully saturated rings. The summed E-state index contributed by atoms with van der Waals surface area (Å²) in [5.41, 5.74) is 0.269. The van der Waals surface area contributed by atoms with Gasteiger partial charge >= 0.3 is 0 Å². The molecule has 0 N–H and O–H groups in total. The molecule has 1 nitrogen and oxygen atoms in total. The molecule has 6 heteroatoms. The van der Waals surface area contributed by atoms with Crippen molar-refractivity contribution in [2.45, 2.75) is 39.5 Å². The lowest BCUT2D eigenvalue weighted by Crippen LogP contribution is -2.01. The first kappa shape index (κ1) is 25.8. The fourth-order valence-corrected chi connectivity index (χ4v) is 3.23. The van der Waals surface area contributed by atoms with Gasteiger partial charge in [-0.15, -0.1) is 0 Å². The average molecular weight is 482 g/mol. The highest BCUT2D eigenvalue weighted by molar-refractivity contribution is 5.50. The maximum Gasteiger partial charge on any atom is 0.190 e. The second-order valence-electron chi connectivity index (χ2n) is 7.85. The van der Waals surface area contributed by atoms with Crippen LogP contribution in [-0.2, 0) is 6.42 Å². The summed E-state index contributed by atoms with van der Waals surface area (Å²) in [6.45, 7) is 4.06. The third kappa shape index (κ3) is 6.87. The van der Waals surface area contributed by atoms with Crippen molar-refractivity contribution in [2.75, 3.05) is 6.61 Å². The van der Waals surface area contributed by atoms with E-state index in [2.05, 4.69) is 23.7 Å². The van der Waals surface area contributed by atoms with Crippen molar-refractivity contribution >= 4 is 0 Å². The summed E-state index contributed by atoms with van der Waals surface area (Å²) >= 11 is 0. The summed E-state index contributed by atoms with van der Waals surface area (Å²) < 4.78 is 76.6. The maximum absolute atomic E-state index is 14.5. The van der Waals surface area contributed by atoms with Gasteiger partial charge in [-0.05, 0) is 54.8 Å². The van der Waals surface area contributed by atoms with Gasteiger partial charge in [-0.1, -0.05) is 56.4 Å². The second kappa shape index (κ2) is 12.1. The molecular weight excluding hydrogens is 459 g/mol. The Balaban J connectivity index is 1.82. The quantitative estimate of drug-likeness (QED) is 0.203. The van der Waals surface area contributed by atoms with E-state index in [4.69, 9.17) is 4.74 Å². The molecule has 0 saturated carbocycles. The average Bonchev–Trinajstić information content (AvgIpc) is 2.80. The van der Waals surface area contributed by atoms with E-state index in [0.29, 0.717) is 6.42 Å². The SMILES string of the molecule is CCCCOc1c(F)cc(C#Cc2c(F)cc(C#Cc3ccc(CCC)cc3F)cc2F)cc1F. The highest BCUT2D eigenvalue weighted by atomic mass is 19.1. The smallest absolute Gasteiger partial charge is 0.190 e. The molecule has 0 aliphatic heterocycles. The molecule has 0 aliphatic rings. The molecule has 0 atom stereocenters. The van der Waals surface area contributed by atoms with E-state index in [9.17, 15) is 22.0 Å². The van der Waals surface area contributed by atoms with Gasteiger partial charge in [0.1, 0.15) is 17.5 Å². The summed E-state index contributed by atoms with van der Waals surface area (Å²) in [7, 11) is 0. The fourth-order valence-electron chi connectivity index (χ4n) is 3.23. The third-order valence-electron chi connectivity index (χ3n) is 5.03. The van der Waals surface area contributed by atoms with E-state index in [1.165, 1.54) is 12.1 Å². The number of ether oxygens (including phenoxy) is 1. The zero-order chi connectivity index (χ0) is 25.4. The Morgan fingerprint density at radius 3 is 1.83 bits per heavy atom. The van der Waals surface area contributed by atoms with Gasteiger partial charge in [0.25, 0.3) is 0 Å². The van der Waals surface area contributed by atoms with Gasteiger partial charge in [-0.2, -0.15) is 0 Å². The molecule has 3 aromatic rings. The molecule has 35 heavy (non-hydrogen) atoms. The van der Waals surface area contributed by atoms with E-state index >= 15 is 0 Å². The van der Waals surface area contributed by atoms with Gasteiger partial charge < -0.3 is 4.74 Å². The number of hydrogen-bond donors (Lipinski definition) is 0. The number of rotatable bonds is 6.